The van der Waals surface area contributed by atoms with E-state index in [-0.39, 0.29) is 18.0 Å². The number of amides is 1. The predicted molar refractivity (Wildman–Crippen MR) is 101 cm³/mol. The first kappa shape index (κ1) is 16.9. The van der Waals surface area contributed by atoms with E-state index in [1.54, 1.807) is 18.2 Å². The SMILES string of the molecule is O=C(Cn1cnc2ccccc2c1=O)NCCCn1nnc2ccccc21. The van der Waals surface area contributed by atoms with Gasteiger partial charge in [-0.25, -0.2) is 9.67 Å². The third-order valence-corrected chi connectivity index (χ3v) is 4.33. The Balaban J connectivity index is 1.32. The van der Waals surface area contributed by atoms with Gasteiger partial charge in [-0.05, 0) is 30.7 Å². The zero-order valence-electron chi connectivity index (χ0n) is 14.6. The average molecular weight is 362 g/mol. The molecule has 0 bridgehead atoms. The molecule has 8 nitrogen and oxygen atoms in total. The molecule has 0 unspecified atom stereocenters. The molecule has 2 heterocycles. The maximum Gasteiger partial charge on any atom is 0.261 e. The van der Waals surface area contributed by atoms with Crippen LogP contribution in [0.2, 0.25) is 0 Å². The Morgan fingerprint density at radius 1 is 1.04 bits per heavy atom. The molecule has 2 aromatic heterocycles. The first-order valence-electron chi connectivity index (χ1n) is 8.71. The monoisotopic (exact) mass is 362 g/mol. The number of carbonyl (C=O) groups excluding carboxylic acids is 1. The van der Waals surface area contributed by atoms with E-state index in [4.69, 9.17) is 0 Å². The summed E-state index contributed by atoms with van der Waals surface area (Å²) < 4.78 is 3.14. The number of para-hydroxylation sites is 2. The molecular formula is C19H18N6O2. The van der Waals surface area contributed by atoms with Crippen molar-refractivity contribution in [3.63, 3.8) is 0 Å². The lowest BCUT2D eigenvalue weighted by atomic mass is 10.2. The number of aryl methyl sites for hydroxylation is 1. The molecule has 136 valence electrons. The lowest BCUT2D eigenvalue weighted by Crippen LogP contribution is -2.33. The van der Waals surface area contributed by atoms with Gasteiger partial charge in [0.15, 0.2) is 0 Å². The number of hydrogen-bond acceptors (Lipinski definition) is 5. The number of rotatable bonds is 6. The predicted octanol–water partition coefficient (Wildman–Crippen LogP) is 1.35. The van der Waals surface area contributed by atoms with E-state index in [0.717, 1.165) is 11.0 Å². The highest BCUT2D eigenvalue weighted by atomic mass is 16.2. The molecular weight excluding hydrogens is 344 g/mol. The summed E-state index contributed by atoms with van der Waals surface area (Å²) in [7, 11) is 0. The first-order valence-corrected chi connectivity index (χ1v) is 8.71. The number of carbonyl (C=O) groups is 1. The van der Waals surface area contributed by atoms with Gasteiger partial charge in [0.2, 0.25) is 5.91 Å². The smallest absolute Gasteiger partial charge is 0.261 e. The molecule has 0 aliphatic heterocycles. The van der Waals surface area contributed by atoms with Crippen LogP contribution in [-0.2, 0) is 17.9 Å². The van der Waals surface area contributed by atoms with Crippen LogP contribution in [0.5, 0.6) is 0 Å². The molecule has 27 heavy (non-hydrogen) atoms. The molecule has 1 amide bonds. The maximum atomic E-state index is 12.4. The van der Waals surface area contributed by atoms with Crippen LogP contribution in [0, 0.1) is 0 Å². The topological polar surface area (TPSA) is 94.7 Å². The molecule has 0 saturated carbocycles. The van der Waals surface area contributed by atoms with Crippen molar-refractivity contribution < 1.29 is 4.79 Å². The fourth-order valence-electron chi connectivity index (χ4n) is 2.97. The van der Waals surface area contributed by atoms with Gasteiger partial charge in [-0.2, -0.15) is 0 Å². The number of benzene rings is 2. The van der Waals surface area contributed by atoms with E-state index in [2.05, 4.69) is 20.6 Å². The van der Waals surface area contributed by atoms with Crippen LogP contribution in [0.1, 0.15) is 6.42 Å². The number of nitrogens with zero attached hydrogens (tertiary/aromatic N) is 5. The fourth-order valence-corrected chi connectivity index (χ4v) is 2.97. The van der Waals surface area contributed by atoms with Crippen molar-refractivity contribution in [1.29, 1.82) is 0 Å². The number of fused-ring (bicyclic) bond motifs is 2. The van der Waals surface area contributed by atoms with Crippen LogP contribution in [0.3, 0.4) is 0 Å². The fraction of sp³-hybridized carbons (Fsp3) is 0.211. The van der Waals surface area contributed by atoms with Gasteiger partial charge < -0.3 is 5.32 Å². The van der Waals surface area contributed by atoms with Crippen molar-refractivity contribution in [2.24, 2.45) is 0 Å². The van der Waals surface area contributed by atoms with Gasteiger partial charge in [-0.15, -0.1) is 5.10 Å². The Bertz CT molecular complexity index is 1160. The summed E-state index contributed by atoms with van der Waals surface area (Å²) in [6, 6.07) is 14.8. The third kappa shape index (κ3) is 3.55. The molecule has 4 aromatic rings. The number of aromatic nitrogens is 5. The summed E-state index contributed by atoms with van der Waals surface area (Å²) in [6.45, 7) is 1.09. The van der Waals surface area contributed by atoms with Gasteiger partial charge in [0.05, 0.1) is 22.7 Å². The Kier molecular flexibility index (Phi) is 4.61. The van der Waals surface area contributed by atoms with E-state index in [0.29, 0.717) is 30.4 Å². The summed E-state index contributed by atoms with van der Waals surface area (Å²) >= 11 is 0. The second-order valence-corrected chi connectivity index (χ2v) is 6.20. The van der Waals surface area contributed by atoms with Gasteiger partial charge >= 0.3 is 0 Å². The maximum absolute atomic E-state index is 12.4. The lowest BCUT2D eigenvalue weighted by molar-refractivity contribution is -0.121. The molecule has 8 heteroatoms. The van der Waals surface area contributed by atoms with Crippen molar-refractivity contribution >= 4 is 27.8 Å². The summed E-state index contributed by atoms with van der Waals surface area (Å²) in [5.74, 6) is -0.224. The summed E-state index contributed by atoms with van der Waals surface area (Å²) in [5.41, 5.74) is 2.23. The summed E-state index contributed by atoms with van der Waals surface area (Å²) in [4.78, 5) is 28.8. The Hall–Kier alpha value is -3.55. The van der Waals surface area contributed by atoms with E-state index in [1.807, 2.05) is 35.0 Å². The van der Waals surface area contributed by atoms with Gasteiger partial charge in [0, 0.05) is 13.1 Å². The minimum absolute atomic E-state index is 0.0527. The van der Waals surface area contributed by atoms with Gasteiger partial charge in [0.1, 0.15) is 12.1 Å². The highest BCUT2D eigenvalue weighted by Gasteiger charge is 2.08. The molecule has 0 saturated heterocycles. The van der Waals surface area contributed by atoms with E-state index >= 15 is 0 Å². The second-order valence-electron chi connectivity index (χ2n) is 6.20. The van der Waals surface area contributed by atoms with Crippen LogP contribution in [0.25, 0.3) is 21.9 Å². The van der Waals surface area contributed by atoms with Crippen molar-refractivity contribution in [3.8, 4) is 0 Å². The number of hydrogen-bond donors (Lipinski definition) is 1. The van der Waals surface area contributed by atoms with Crippen molar-refractivity contribution in [2.45, 2.75) is 19.5 Å². The molecule has 0 aliphatic carbocycles. The van der Waals surface area contributed by atoms with Crippen molar-refractivity contribution in [1.82, 2.24) is 29.9 Å². The Morgan fingerprint density at radius 3 is 2.70 bits per heavy atom. The van der Waals surface area contributed by atoms with Gasteiger partial charge in [-0.3, -0.25) is 14.2 Å². The van der Waals surface area contributed by atoms with Crippen molar-refractivity contribution in [3.05, 3.63) is 65.2 Å². The molecule has 0 atom stereocenters. The molecule has 2 aromatic carbocycles. The van der Waals surface area contributed by atoms with E-state index in [1.165, 1.54) is 10.9 Å². The Labute approximate surface area is 154 Å². The second kappa shape index (κ2) is 7.36. The van der Waals surface area contributed by atoms with Gasteiger partial charge in [0.25, 0.3) is 5.56 Å². The Morgan fingerprint density at radius 2 is 1.81 bits per heavy atom. The largest absolute Gasteiger partial charge is 0.354 e. The van der Waals surface area contributed by atoms with E-state index < -0.39 is 0 Å². The normalized spacial score (nSPS) is 11.1. The number of nitrogens with one attached hydrogen (secondary N) is 1. The minimum Gasteiger partial charge on any atom is -0.354 e. The van der Waals surface area contributed by atoms with Crippen molar-refractivity contribution in [2.75, 3.05) is 6.54 Å². The highest BCUT2D eigenvalue weighted by Crippen LogP contribution is 2.09. The molecule has 0 radical (unpaired) electrons. The minimum atomic E-state index is -0.224. The molecule has 4 rings (SSSR count). The lowest BCUT2D eigenvalue weighted by Gasteiger charge is -2.08. The zero-order chi connectivity index (χ0) is 18.6. The van der Waals surface area contributed by atoms with E-state index in [9.17, 15) is 9.59 Å². The van der Waals surface area contributed by atoms with Gasteiger partial charge in [-0.1, -0.05) is 29.5 Å². The molecule has 1 N–H and O–H groups in total. The molecule has 0 fully saturated rings. The van der Waals surface area contributed by atoms with Crippen LogP contribution in [0.15, 0.2) is 59.7 Å². The molecule has 0 spiro atoms. The highest BCUT2D eigenvalue weighted by molar-refractivity contribution is 5.78. The quantitative estimate of drug-likeness (QED) is 0.523. The molecule has 0 aliphatic rings. The summed E-state index contributed by atoms with van der Waals surface area (Å²) in [5, 5.41) is 11.6. The zero-order valence-corrected chi connectivity index (χ0v) is 14.6. The van der Waals surface area contributed by atoms with Crippen LogP contribution in [0.4, 0.5) is 0 Å². The third-order valence-electron chi connectivity index (χ3n) is 4.33. The van der Waals surface area contributed by atoms with Crippen LogP contribution in [-0.4, -0.2) is 37.0 Å². The average Bonchev–Trinajstić information content (AvgIpc) is 3.11. The summed E-state index contributed by atoms with van der Waals surface area (Å²) in [6.07, 6.45) is 2.12. The standard InChI is InChI=1S/C19H18N6O2/c26-18(12-24-13-21-15-7-2-1-6-14(15)19(24)27)20-10-5-11-25-17-9-4-3-8-16(17)22-23-25/h1-4,6-9,13H,5,10-12H2,(H,20,26). The van der Waals surface area contributed by atoms with Crippen LogP contribution >= 0.6 is 0 Å². The first-order chi connectivity index (χ1) is 13.2. The van der Waals surface area contributed by atoms with Crippen LogP contribution < -0.4 is 10.9 Å².